The quantitative estimate of drug-likeness (QED) is 0.678. The molecule has 0 fully saturated rings. The highest BCUT2D eigenvalue weighted by molar-refractivity contribution is 5.94. The fourth-order valence-electron chi connectivity index (χ4n) is 1.87. The fraction of sp³-hybridized carbons (Fsp3) is 0.500. The summed E-state index contributed by atoms with van der Waals surface area (Å²) in [5.74, 6) is 0.759. The number of ether oxygens (including phenoxy) is 1. The molecule has 22 heavy (non-hydrogen) atoms. The Bertz CT molecular complexity index is 486. The van der Waals surface area contributed by atoms with Crippen LogP contribution in [0.1, 0.15) is 26.7 Å². The Morgan fingerprint density at radius 3 is 2.41 bits per heavy atom. The van der Waals surface area contributed by atoms with Gasteiger partial charge < -0.3 is 21.1 Å². The van der Waals surface area contributed by atoms with Gasteiger partial charge in [-0.1, -0.05) is 13.8 Å². The molecule has 0 unspecified atom stereocenters. The molecule has 0 radical (unpaired) electrons. The van der Waals surface area contributed by atoms with Crippen LogP contribution in [0.2, 0.25) is 0 Å². The number of hydrogen-bond donors (Lipinski definition) is 3. The normalized spacial score (nSPS) is 11.9. The van der Waals surface area contributed by atoms with E-state index in [0.717, 1.165) is 0 Å². The number of nitrogens with one attached hydrogen (secondary N) is 2. The smallest absolute Gasteiger partial charge is 0.241 e. The van der Waals surface area contributed by atoms with Gasteiger partial charge in [0.2, 0.25) is 11.8 Å². The summed E-state index contributed by atoms with van der Waals surface area (Å²) in [6, 6.07) is 6.47. The molecule has 0 saturated heterocycles. The Morgan fingerprint density at radius 1 is 1.23 bits per heavy atom. The molecule has 6 heteroatoms. The highest BCUT2D eigenvalue weighted by Gasteiger charge is 2.14. The molecule has 1 aromatic rings. The summed E-state index contributed by atoms with van der Waals surface area (Å²) in [6.45, 7) is 4.36. The number of benzene rings is 1. The molecular formula is C16H25N3O3. The minimum Gasteiger partial charge on any atom is -0.493 e. The van der Waals surface area contributed by atoms with Gasteiger partial charge in [-0.2, -0.15) is 0 Å². The molecule has 1 atom stereocenters. The van der Waals surface area contributed by atoms with Crippen LogP contribution in [0, 0.1) is 5.92 Å². The highest BCUT2D eigenvalue weighted by atomic mass is 16.5. The van der Waals surface area contributed by atoms with Crippen molar-refractivity contribution < 1.29 is 14.3 Å². The van der Waals surface area contributed by atoms with Crippen LogP contribution in [0.3, 0.4) is 0 Å². The van der Waals surface area contributed by atoms with Crippen molar-refractivity contribution in [2.24, 2.45) is 11.7 Å². The van der Waals surface area contributed by atoms with Gasteiger partial charge in [0.25, 0.3) is 0 Å². The van der Waals surface area contributed by atoms with E-state index in [2.05, 4.69) is 10.6 Å². The van der Waals surface area contributed by atoms with Crippen LogP contribution in [-0.4, -0.2) is 31.5 Å². The molecule has 4 N–H and O–H groups in total. The van der Waals surface area contributed by atoms with Gasteiger partial charge in [0.1, 0.15) is 5.75 Å². The van der Waals surface area contributed by atoms with E-state index in [-0.39, 0.29) is 11.8 Å². The van der Waals surface area contributed by atoms with E-state index < -0.39 is 6.04 Å². The Morgan fingerprint density at radius 2 is 1.86 bits per heavy atom. The summed E-state index contributed by atoms with van der Waals surface area (Å²) in [4.78, 5) is 23.0. The molecule has 0 aliphatic heterocycles. The number of nitrogens with two attached hydrogens (primary N) is 1. The van der Waals surface area contributed by atoms with Crippen LogP contribution in [0.4, 0.5) is 5.69 Å². The first-order valence-corrected chi connectivity index (χ1v) is 7.42. The van der Waals surface area contributed by atoms with Gasteiger partial charge in [-0.05, 0) is 36.6 Å². The van der Waals surface area contributed by atoms with Crippen molar-refractivity contribution in [1.82, 2.24) is 5.32 Å². The third kappa shape index (κ3) is 6.58. The lowest BCUT2D eigenvalue weighted by atomic mass is 10.0. The molecule has 0 saturated carbocycles. The maximum atomic E-state index is 11.9. The first kappa shape index (κ1) is 18.0. The van der Waals surface area contributed by atoms with Crippen molar-refractivity contribution in [3.8, 4) is 5.75 Å². The molecule has 6 nitrogen and oxygen atoms in total. The van der Waals surface area contributed by atoms with E-state index in [1.54, 1.807) is 31.3 Å². The van der Waals surface area contributed by atoms with Crippen molar-refractivity contribution in [2.45, 2.75) is 32.7 Å². The number of anilines is 1. The maximum absolute atomic E-state index is 11.9. The van der Waals surface area contributed by atoms with Gasteiger partial charge in [-0.15, -0.1) is 0 Å². The SMILES string of the molecule is CNC(=O)CCOc1ccc(NC(=O)[C@@H](N)CC(C)C)cc1. The third-order valence-electron chi connectivity index (χ3n) is 3.06. The summed E-state index contributed by atoms with van der Waals surface area (Å²) in [6.07, 6.45) is 0.950. The molecule has 0 aromatic heterocycles. The van der Waals surface area contributed by atoms with Crippen LogP contribution >= 0.6 is 0 Å². The van der Waals surface area contributed by atoms with Gasteiger partial charge in [-0.3, -0.25) is 9.59 Å². The molecule has 1 rings (SSSR count). The molecule has 0 heterocycles. The Balaban J connectivity index is 2.44. The molecule has 122 valence electrons. The third-order valence-corrected chi connectivity index (χ3v) is 3.06. The predicted molar refractivity (Wildman–Crippen MR) is 86.7 cm³/mol. The highest BCUT2D eigenvalue weighted by Crippen LogP contribution is 2.16. The zero-order valence-electron chi connectivity index (χ0n) is 13.4. The summed E-state index contributed by atoms with van der Waals surface area (Å²) < 4.78 is 5.44. The van der Waals surface area contributed by atoms with Crippen LogP contribution in [0.15, 0.2) is 24.3 Å². The minimum absolute atomic E-state index is 0.0666. The van der Waals surface area contributed by atoms with E-state index in [1.165, 1.54) is 0 Å². The zero-order valence-corrected chi connectivity index (χ0v) is 13.4. The molecule has 0 aliphatic rings. The fourth-order valence-corrected chi connectivity index (χ4v) is 1.87. The number of amides is 2. The lowest BCUT2D eigenvalue weighted by Crippen LogP contribution is -2.36. The number of carbonyl (C=O) groups excluding carboxylic acids is 2. The second kappa shape index (κ2) is 9.04. The molecule has 0 aliphatic carbocycles. The molecule has 1 aromatic carbocycles. The summed E-state index contributed by atoms with van der Waals surface area (Å²) in [5.41, 5.74) is 6.50. The van der Waals surface area contributed by atoms with E-state index in [4.69, 9.17) is 10.5 Å². The minimum atomic E-state index is -0.511. The lowest BCUT2D eigenvalue weighted by molar-refractivity contribution is -0.121. The van der Waals surface area contributed by atoms with E-state index in [9.17, 15) is 9.59 Å². The summed E-state index contributed by atoms with van der Waals surface area (Å²) >= 11 is 0. The first-order chi connectivity index (χ1) is 10.4. The van der Waals surface area contributed by atoms with Crippen LogP contribution < -0.4 is 21.1 Å². The van der Waals surface area contributed by atoms with Crippen molar-refractivity contribution in [2.75, 3.05) is 19.0 Å². The summed E-state index contributed by atoms with van der Waals surface area (Å²) in [5, 5.41) is 5.30. The predicted octanol–water partition coefficient (Wildman–Crippen LogP) is 1.51. The molecule has 0 spiro atoms. The van der Waals surface area contributed by atoms with E-state index >= 15 is 0 Å². The van der Waals surface area contributed by atoms with Gasteiger partial charge in [0, 0.05) is 12.7 Å². The maximum Gasteiger partial charge on any atom is 0.241 e. The van der Waals surface area contributed by atoms with Gasteiger partial charge >= 0.3 is 0 Å². The monoisotopic (exact) mass is 307 g/mol. The Kier molecular flexibility index (Phi) is 7.39. The van der Waals surface area contributed by atoms with Crippen molar-refractivity contribution in [1.29, 1.82) is 0 Å². The zero-order chi connectivity index (χ0) is 16.5. The standard InChI is InChI=1S/C16H25N3O3/c1-11(2)10-14(17)16(21)19-12-4-6-13(7-5-12)22-9-8-15(20)18-3/h4-7,11,14H,8-10,17H2,1-3H3,(H,18,20)(H,19,21)/t14-/m0/s1. The first-order valence-electron chi connectivity index (χ1n) is 7.42. The average Bonchev–Trinajstić information content (AvgIpc) is 2.48. The summed E-state index contributed by atoms with van der Waals surface area (Å²) in [7, 11) is 1.59. The number of hydrogen-bond acceptors (Lipinski definition) is 4. The Hall–Kier alpha value is -2.08. The van der Waals surface area contributed by atoms with E-state index in [1.807, 2.05) is 13.8 Å². The topological polar surface area (TPSA) is 93.5 Å². The van der Waals surface area contributed by atoms with Gasteiger partial charge in [0.15, 0.2) is 0 Å². The van der Waals surface area contributed by atoms with Crippen molar-refractivity contribution in [3.63, 3.8) is 0 Å². The van der Waals surface area contributed by atoms with Crippen LogP contribution in [0.5, 0.6) is 5.75 Å². The average molecular weight is 307 g/mol. The molecule has 0 bridgehead atoms. The van der Waals surface area contributed by atoms with E-state index in [0.29, 0.717) is 36.8 Å². The number of carbonyl (C=O) groups is 2. The number of rotatable bonds is 8. The largest absolute Gasteiger partial charge is 0.493 e. The molecule has 2 amide bonds. The van der Waals surface area contributed by atoms with Crippen LogP contribution in [0.25, 0.3) is 0 Å². The lowest BCUT2D eigenvalue weighted by Gasteiger charge is -2.14. The molecular weight excluding hydrogens is 282 g/mol. The van der Waals surface area contributed by atoms with Crippen molar-refractivity contribution >= 4 is 17.5 Å². The van der Waals surface area contributed by atoms with Gasteiger partial charge in [0.05, 0.1) is 19.1 Å². The second-order valence-electron chi connectivity index (χ2n) is 5.52. The Labute approximate surface area is 131 Å². The van der Waals surface area contributed by atoms with Gasteiger partial charge in [-0.25, -0.2) is 0 Å². The van der Waals surface area contributed by atoms with Crippen LogP contribution in [-0.2, 0) is 9.59 Å². The van der Waals surface area contributed by atoms with Crippen molar-refractivity contribution in [3.05, 3.63) is 24.3 Å². The second-order valence-corrected chi connectivity index (χ2v) is 5.52.